The maximum Gasteiger partial charge on any atom is 0.239 e. The van der Waals surface area contributed by atoms with Crippen molar-refractivity contribution < 1.29 is 13.5 Å². The quantitative estimate of drug-likeness (QED) is 0.627. The van der Waals surface area contributed by atoms with Crippen LogP contribution >= 0.6 is 0 Å². The van der Waals surface area contributed by atoms with Crippen molar-refractivity contribution in [2.45, 2.75) is 37.7 Å². The van der Waals surface area contributed by atoms with E-state index in [1.54, 1.807) is 19.1 Å². The second-order valence-electron chi connectivity index (χ2n) is 5.86. The number of aryl methyl sites for hydroxylation is 1. The molecule has 1 N–H and O–H groups in total. The summed E-state index contributed by atoms with van der Waals surface area (Å²) in [5, 5.41) is 7.70. The summed E-state index contributed by atoms with van der Waals surface area (Å²) < 4.78 is 32.8. The normalized spacial score (nSPS) is 31.0. The van der Waals surface area contributed by atoms with Crippen molar-refractivity contribution in [3.8, 4) is 0 Å². The van der Waals surface area contributed by atoms with Gasteiger partial charge in [-0.25, -0.2) is 8.78 Å². The van der Waals surface area contributed by atoms with Crippen molar-refractivity contribution in [2.75, 3.05) is 13.2 Å². The Kier molecular flexibility index (Phi) is 4.15. The van der Waals surface area contributed by atoms with Gasteiger partial charge >= 0.3 is 0 Å². The Morgan fingerprint density at radius 3 is 3.00 bits per heavy atom. The number of morpholine rings is 1. The number of hydrogen-bond donors (Lipinski definition) is 1. The number of benzene rings is 1. The fraction of sp³-hybridized carbons (Fsp3) is 0.500. The Balaban J connectivity index is 0.00000176. The van der Waals surface area contributed by atoms with Gasteiger partial charge in [-0.1, -0.05) is 24.8 Å². The summed E-state index contributed by atoms with van der Waals surface area (Å²) in [6.45, 7) is 6.30. The largest absolute Gasteiger partial charge is 0.657 e. The van der Waals surface area contributed by atoms with E-state index in [9.17, 15) is 8.78 Å². The smallest absolute Gasteiger partial charge is 0.239 e. The van der Waals surface area contributed by atoms with Gasteiger partial charge in [0.15, 0.2) is 0 Å². The molecule has 0 aromatic heterocycles. The van der Waals surface area contributed by atoms with Crippen LogP contribution in [0.5, 0.6) is 0 Å². The Hall–Kier alpha value is -2.46. The molecule has 2 saturated heterocycles. The molecule has 0 aliphatic carbocycles. The van der Waals surface area contributed by atoms with Crippen molar-refractivity contribution in [1.29, 1.82) is 0 Å². The van der Waals surface area contributed by atoms with Crippen LogP contribution in [0.15, 0.2) is 30.5 Å². The molecular weight excluding hydrogens is 521 g/mol. The molecule has 3 unspecified atom stereocenters. The summed E-state index contributed by atoms with van der Waals surface area (Å²) in [5.41, 5.74) is 1.03. The molecule has 2 aliphatic rings. The molecule has 1 spiro atoms. The number of halogens is 2. The van der Waals surface area contributed by atoms with E-state index < -0.39 is 11.9 Å². The van der Waals surface area contributed by atoms with Gasteiger partial charge in [0, 0.05) is 5.54 Å². The Labute approximate surface area is 123 Å². The molecule has 6 heteroatoms. The summed E-state index contributed by atoms with van der Waals surface area (Å²) >= 11 is 0. The van der Waals surface area contributed by atoms with Gasteiger partial charge in [-0.2, -0.15) is 0 Å². The molecule has 3 nitrogen and oxygen atoms in total. The first-order valence-electron chi connectivity index (χ1n) is 7.15. The van der Waals surface area contributed by atoms with Gasteiger partial charge in [0.25, 0.3) is 0 Å². The van der Waals surface area contributed by atoms with Crippen LogP contribution in [-0.2, 0) is 11.2 Å². The maximum absolute atomic E-state index is 14.2. The molecule has 0 bridgehead atoms. The van der Waals surface area contributed by atoms with Gasteiger partial charge in [0.2, 0.25) is 6.36 Å². The van der Waals surface area contributed by atoms with E-state index in [0.29, 0.717) is 24.1 Å². The average Bonchev–Trinajstić information content (AvgIpc) is 2.82. The Morgan fingerprint density at radius 2 is 2.27 bits per heavy atom. The zero-order valence-electron chi connectivity index (χ0n) is 12.4. The summed E-state index contributed by atoms with van der Waals surface area (Å²) in [7, 11) is 0. The molecule has 0 amide bonds. The van der Waals surface area contributed by atoms with Crippen LogP contribution in [0.1, 0.15) is 17.5 Å². The van der Waals surface area contributed by atoms with Crippen LogP contribution in [-0.4, -0.2) is 31.1 Å². The summed E-state index contributed by atoms with van der Waals surface area (Å²) in [5.74, 6) is -0.186. The Bertz CT molecular complexity index is 569. The average molecular weight is 540 g/mol. The predicted octanol–water partition coefficient (Wildman–Crippen LogP) is 2.99. The molecule has 3 rings (SSSR count). The third-order valence-electron chi connectivity index (χ3n) is 4.40. The molecule has 122 valence electrons. The Morgan fingerprint density at radius 1 is 1.50 bits per heavy atom. The van der Waals surface area contributed by atoms with Crippen LogP contribution in [0.25, 0.3) is 5.32 Å². The van der Waals surface area contributed by atoms with Gasteiger partial charge in [-0.3, -0.25) is 0 Å². The fourth-order valence-corrected chi connectivity index (χ4v) is 3.14. The predicted molar refractivity (Wildman–Crippen MR) is 77.3 cm³/mol. The van der Waals surface area contributed by atoms with Gasteiger partial charge in [0.05, 0.1) is 12.3 Å². The summed E-state index contributed by atoms with van der Waals surface area (Å²) in [6, 6.07) is 5.23. The van der Waals surface area contributed by atoms with Gasteiger partial charge in [-0.05, 0) is 30.9 Å². The number of nitrogens with one attached hydrogen (secondary N) is 1. The van der Waals surface area contributed by atoms with Crippen molar-refractivity contribution in [3.05, 3.63) is 52.7 Å². The van der Waals surface area contributed by atoms with E-state index in [-0.39, 0.29) is 24.2 Å². The van der Waals surface area contributed by atoms with E-state index >= 15 is 0 Å². The molecule has 2 heterocycles. The van der Waals surface area contributed by atoms with Crippen LogP contribution in [0.2, 0.25) is 0 Å². The number of rotatable bonds is 2. The SMILES string of the molecule is C=C1NC2(CC[N-]C2Cc2cccc(C)c2F)COC1F.[Cm]. The molecule has 2 fully saturated rings. The molecular formula is C16H19CmF2N2O-. The third-order valence-corrected chi connectivity index (χ3v) is 4.40. The van der Waals surface area contributed by atoms with Gasteiger partial charge in [0.1, 0.15) is 5.82 Å². The molecule has 0 radical (unpaired) electrons. The zero-order valence-corrected chi connectivity index (χ0v) is 15.3. The zero-order chi connectivity index (χ0) is 15.0. The van der Waals surface area contributed by atoms with E-state index in [2.05, 4.69) is 17.2 Å². The second-order valence-corrected chi connectivity index (χ2v) is 5.86. The van der Waals surface area contributed by atoms with Crippen molar-refractivity contribution in [3.63, 3.8) is 0 Å². The first kappa shape index (κ1) is 15.9. The van der Waals surface area contributed by atoms with Crippen LogP contribution in [0, 0.1) is 12.7 Å². The van der Waals surface area contributed by atoms with Crippen molar-refractivity contribution in [1.82, 2.24) is 5.32 Å². The fourth-order valence-electron chi connectivity index (χ4n) is 3.14. The molecule has 1 aromatic rings. The number of hydrogen-bond acceptors (Lipinski definition) is 2. The first-order chi connectivity index (χ1) is 10.0. The van der Waals surface area contributed by atoms with Crippen LogP contribution in [0.3, 0.4) is 0 Å². The number of nitrogens with zero attached hydrogens (tertiary/aromatic N) is 1. The number of ether oxygens (including phenoxy) is 1. The van der Waals surface area contributed by atoms with Crippen molar-refractivity contribution >= 4 is 0 Å². The van der Waals surface area contributed by atoms with Gasteiger partial charge in [-0.15, -0.1) is 12.6 Å². The molecule has 2 aliphatic heterocycles. The van der Waals surface area contributed by atoms with Crippen LogP contribution < -0.4 is 5.32 Å². The van der Waals surface area contributed by atoms with E-state index in [4.69, 9.17) is 4.74 Å². The topological polar surface area (TPSA) is 35.4 Å². The summed E-state index contributed by atoms with van der Waals surface area (Å²) in [6.07, 6.45) is -0.252. The molecule has 3 atom stereocenters. The van der Waals surface area contributed by atoms with Crippen LogP contribution in [0.4, 0.5) is 8.78 Å². The monoisotopic (exact) mass is 536 g/mol. The minimum absolute atomic E-state index is 0. The minimum atomic E-state index is -1.48. The molecule has 0 saturated carbocycles. The second kappa shape index (κ2) is 5.73. The van der Waals surface area contributed by atoms with E-state index in [1.807, 2.05) is 6.07 Å². The molecule has 1 aromatic carbocycles. The first-order valence-corrected chi connectivity index (χ1v) is 7.15. The molecule has 22 heavy (non-hydrogen) atoms. The van der Waals surface area contributed by atoms with Crippen molar-refractivity contribution in [2.24, 2.45) is 0 Å². The van der Waals surface area contributed by atoms with E-state index in [0.717, 1.165) is 6.42 Å². The van der Waals surface area contributed by atoms with E-state index in [1.165, 1.54) is 0 Å². The third kappa shape index (κ3) is 2.53. The number of alkyl halides is 1. The van der Waals surface area contributed by atoms with Gasteiger partial charge < -0.3 is 15.4 Å². The maximum atomic E-state index is 14.2. The minimum Gasteiger partial charge on any atom is -0.657 e. The standard InChI is InChI=1S/C16H19F2N2O.Cm/c1-10-4-3-5-12(14(10)17)8-13-16(6-7-19-13)9-21-15(18)11(2)20-16;/h3-5,13,15,20H,2,6-9H2,1H3;/q-1;. The summed E-state index contributed by atoms with van der Waals surface area (Å²) in [4.78, 5) is 0.